The largest absolute Gasteiger partial charge is 0.441 e. The van der Waals surface area contributed by atoms with Crippen molar-refractivity contribution in [2.75, 3.05) is 46.3 Å². The van der Waals surface area contributed by atoms with Gasteiger partial charge in [0, 0.05) is 51.7 Å². The third-order valence-electron chi connectivity index (χ3n) is 4.30. The van der Waals surface area contributed by atoms with Crippen LogP contribution < -0.4 is 5.32 Å². The number of oxazole rings is 1. The summed E-state index contributed by atoms with van der Waals surface area (Å²) in [5.41, 5.74) is 1.82. The Morgan fingerprint density at radius 1 is 1.23 bits per heavy atom. The van der Waals surface area contributed by atoms with Gasteiger partial charge in [-0.15, -0.1) is 0 Å². The molecule has 1 N–H and O–H groups in total. The van der Waals surface area contributed by atoms with Crippen molar-refractivity contribution in [1.29, 1.82) is 0 Å². The molecule has 3 rings (SSSR count). The van der Waals surface area contributed by atoms with Crippen LogP contribution in [-0.2, 0) is 6.42 Å². The van der Waals surface area contributed by atoms with Crippen LogP contribution in [0, 0.1) is 0 Å². The molecule has 0 unspecified atom stereocenters. The molecule has 0 amide bonds. The van der Waals surface area contributed by atoms with Gasteiger partial charge in [-0.25, -0.2) is 4.98 Å². The van der Waals surface area contributed by atoms with Gasteiger partial charge in [-0.2, -0.15) is 0 Å². The predicted octanol–water partition coefficient (Wildman–Crippen LogP) is 1.60. The minimum Gasteiger partial charge on any atom is -0.441 e. The molecule has 1 aliphatic heterocycles. The van der Waals surface area contributed by atoms with Crippen molar-refractivity contribution in [3.63, 3.8) is 0 Å². The molecule has 22 heavy (non-hydrogen) atoms. The topological polar surface area (TPSA) is 44.5 Å². The average Bonchev–Trinajstić information content (AvgIpc) is 2.92. The lowest BCUT2D eigenvalue weighted by molar-refractivity contribution is 0.144. The molecular weight excluding hydrogens is 276 g/mol. The Bertz CT molecular complexity index is 556. The second-order valence-electron chi connectivity index (χ2n) is 6.28. The second-order valence-corrected chi connectivity index (χ2v) is 6.28. The van der Waals surface area contributed by atoms with Gasteiger partial charge in [0.1, 0.15) is 5.52 Å². The molecule has 1 atom stereocenters. The SMILES string of the molecule is C[C@H](CN1CCN(C)CC1)NCCc1nc2ccccc2o1. The summed E-state index contributed by atoms with van der Waals surface area (Å²) in [4.78, 5) is 9.44. The first-order valence-corrected chi connectivity index (χ1v) is 8.19. The zero-order chi connectivity index (χ0) is 15.4. The molecule has 1 fully saturated rings. The lowest BCUT2D eigenvalue weighted by Crippen LogP contribution is -2.49. The highest BCUT2D eigenvalue weighted by Crippen LogP contribution is 2.14. The summed E-state index contributed by atoms with van der Waals surface area (Å²) in [6, 6.07) is 8.42. The zero-order valence-corrected chi connectivity index (χ0v) is 13.6. The van der Waals surface area contributed by atoms with Crippen LogP contribution in [0.4, 0.5) is 0 Å². The fourth-order valence-electron chi connectivity index (χ4n) is 2.93. The number of nitrogens with one attached hydrogen (secondary N) is 1. The molecule has 2 heterocycles. The summed E-state index contributed by atoms with van der Waals surface area (Å²) in [5, 5.41) is 3.58. The van der Waals surface area contributed by atoms with Gasteiger partial charge in [-0.1, -0.05) is 12.1 Å². The van der Waals surface area contributed by atoms with E-state index in [1.807, 2.05) is 24.3 Å². The van der Waals surface area contributed by atoms with E-state index in [1.165, 1.54) is 26.2 Å². The van der Waals surface area contributed by atoms with Gasteiger partial charge < -0.3 is 14.6 Å². The number of para-hydroxylation sites is 2. The van der Waals surface area contributed by atoms with Gasteiger partial charge in [0.15, 0.2) is 11.5 Å². The van der Waals surface area contributed by atoms with Crippen molar-refractivity contribution in [3.05, 3.63) is 30.2 Å². The van der Waals surface area contributed by atoms with Crippen LogP contribution >= 0.6 is 0 Å². The minimum atomic E-state index is 0.493. The van der Waals surface area contributed by atoms with Crippen LogP contribution in [0.5, 0.6) is 0 Å². The molecule has 5 heteroatoms. The highest BCUT2D eigenvalue weighted by molar-refractivity contribution is 5.72. The van der Waals surface area contributed by atoms with E-state index in [0.29, 0.717) is 6.04 Å². The van der Waals surface area contributed by atoms with Gasteiger partial charge in [-0.3, -0.25) is 4.90 Å². The van der Waals surface area contributed by atoms with E-state index in [2.05, 4.69) is 34.1 Å². The first-order valence-electron chi connectivity index (χ1n) is 8.19. The summed E-state index contributed by atoms with van der Waals surface area (Å²) in [6.45, 7) is 8.97. The van der Waals surface area contributed by atoms with Gasteiger partial charge in [-0.05, 0) is 26.1 Å². The standard InChI is InChI=1S/C17H26N4O/c1-14(13-21-11-9-20(2)10-12-21)18-8-7-17-19-15-5-3-4-6-16(15)22-17/h3-6,14,18H,7-13H2,1-2H3/t14-/m1/s1. The second kappa shape index (κ2) is 7.22. The first-order chi connectivity index (χ1) is 10.7. The molecule has 0 spiro atoms. The molecule has 1 aromatic carbocycles. The Morgan fingerprint density at radius 2 is 2.00 bits per heavy atom. The molecule has 0 saturated carbocycles. The van der Waals surface area contributed by atoms with E-state index in [-0.39, 0.29) is 0 Å². The monoisotopic (exact) mass is 302 g/mol. The van der Waals surface area contributed by atoms with Crippen molar-refractivity contribution in [2.45, 2.75) is 19.4 Å². The summed E-state index contributed by atoms with van der Waals surface area (Å²) < 4.78 is 5.74. The number of hydrogen-bond acceptors (Lipinski definition) is 5. The van der Waals surface area contributed by atoms with Crippen LogP contribution in [0.2, 0.25) is 0 Å². The molecule has 2 aromatic rings. The Balaban J connectivity index is 1.40. The van der Waals surface area contributed by atoms with E-state index in [4.69, 9.17) is 4.42 Å². The maximum Gasteiger partial charge on any atom is 0.196 e. The average molecular weight is 302 g/mol. The molecule has 1 aliphatic rings. The van der Waals surface area contributed by atoms with Crippen molar-refractivity contribution >= 4 is 11.1 Å². The third kappa shape index (κ3) is 4.06. The van der Waals surface area contributed by atoms with E-state index >= 15 is 0 Å². The molecular formula is C17H26N4O. The van der Waals surface area contributed by atoms with Crippen LogP contribution in [0.15, 0.2) is 28.7 Å². The van der Waals surface area contributed by atoms with Crippen LogP contribution in [0.25, 0.3) is 11.1 Å². The summed E-state index contributed by atoms with van der Waals surface area (Å²) in [5.74, 6) is 0.820. The number of likely N-dealkylation sites (N-methyl/N-ethyl adjacent to an activating group) is 1. The van der Waals surface area contributed by atoms with Crippen molar-refractivity contribution in [1.82, 2.24) is 20.1 Å². The molecule has 120 valence electrons. The minimum absolute atomic E-state index is 0.493. The fraction of sp³-hybridized carbons (Fsp3) is 0.588. The van der Waals surface area contributed by atoms with E-state index in [1.54, 1.807) is 0 Å². The Morgan fingerprint density at radius 3 is 2.77 bits per heavy atom. The van der Waals surface area contributed by atoms with Crippen molar-refractivity contribution in [3.8, 4) is 0 Å². The van der Waals surface area contributed by atoms with Gasteiger partial charge in [0.2, 0.25) is 0 Å². The lowest BCUT2D eigenvalue weighted by atomic mass is 10.2. The maximum absolute atomic E-state index is 5.74. The van der Waals surface area contributed by atoms with Crippen LogP contribution in [-0.4, -0.2) is 67.1 Å². The molecule has 0 bridgehead atoms. The number of nitrogens with zero attached hydrogens (tertiary/aromatic N) is 3. The number of aromatic nitrogens is 1. The number of fused-ring (bicyclic) bond motifs is 1. The van der Waals surface area contributed by atoms with Gasteiger partial charge in [0.05, 0.1) is 0 Å². The highest BCUT2D eigenvalue weighted by Gasteiger charge is 2.15. The fourth-order valence-corrected chi connectivity index (χ4v) is 2.93. The highest BCUT2D eigenvalue weighted by atomic mass is 16.3. The van der Waals surface area contributed by atoms with Gasteiger partial charge >= 0.3 is 0 Å². The Labute approximate surface area is 132 Å². The number of rotatable bonds is 6. The number of piperazine rings is 1. The molecule has 1 aromatic heterocycles. The lowest BCUT2D eigenvalue weighted by Gasteiger charge is -2.34. The van der Waals surface area contributed by atoms with Crippen molar-refractivity contribution in [2.24, 2.45) is 0 Å². The molecule has 0 aliphatic carbocycles. The Kier molecular flexibility index (Phi) is 5.08. The molecule has 5 nitrogen and oxygen atoms in total. The zero-order valence-electron chi connectivity index (χ0n) is 13.6. The maximum atomic E-state index is 5.74. The summed E-state index contributed by atoms with van der Waals surface area (Å²) >= 11 is 0. The number of benzene rings is 1. The first kappa shape index (κ1) is 15.5. The summed E-state index contributed by atoms with van der Waals surface area (Å²) in [7, 11) is 2.19. The van der Waals surface area contributed by atoms with E-state index < -0.39 is 0 Å². The smallest absolute Gasteiger partial charge is 0.196 e. The number of hydrogen-bond donors (Lipinski definition) is 1. The Hall–Kier alpha value is -1.43. The predicted molar refractivity (Wildman–Crippen MR) is 89.1 cm³/mol. The van der Waals surface area contributed by atoms with Crippen molar-refractivity contribution < 1.29 is 4.42 Å². The van der Waals surface area contributed by atoms with Crippen LogP contribution in [0.3, 0.4) is 0 Å². The van der Waals surface area contributed by atoms with Gasteiger partial charge in [0.25, 0.3) is 0 Å². The molecule has 0 radical (unpaired) electrons. The van der Waals surface area contributed by atoms with Crippen LogP contribution in [0.1, 0.15) is 12.8 Å². The third-order valence-corrected chi connectivity index (χ3v) is 4.30. The van der Waals surface area contributed by atoms with E-state index in [9.17, 15) is 0 Å². The quantitative estimate of drug-likeness (QED) is 0.878. The molecule has 1 saturated heterocycles. The van der Waals surface area contributed by atoms with E-state index in [0.717, 1.165) is 36.5 Å². The normalized spacial score (nSPS) is 18.8. The summed E-state index contributed by atoms with van der Waals surface area (Å²) in [6.07, 6.45) is 0.835.